The molecule has 0 amide bonds. The molecule has 1 unspecified atom stereocenters. The number of nitrogens with one attached hydrogen (secondary N) is 1. The van der Waals surface area contributed by atoms with E-state index >= 15 is 0 Å². The van der Waals surface area contributed by atoms with Crippen molar-refractivity contribution in [3.8, 4) is 5.75 Å². The Morgan fingerprint density at radius 1 is 0.913 bits per heavy atom. The second kappa shape index (κ2) is 6.21. The molecule has 0 spiro atoms. The molecule has 4 rings (SSSR count). The van der Waals surface area contributed by atoms with Crippen molar-refractivity contribution in [2.75, 3.05) is 20.2 Å². The first-order chi connectivity index (χ1) is 11.4. The Labute approximate surface area is 138 Å². The second-order valence-electron chi connectivity index (χ2n) is 6.49. The van der Waals surface area contributed by atoms with Crippen molar-refractivity contribution in [3.63, 3.8) is 0 Å². The monoisotopic (exact) mass is 305 g/mol. The number of fused-ring (bicyclic) bond motifs is 2. The van der Waals surface area contributed by atoms with Gasteiger partial charge >= 0.3 is 0 Å². The zero-order chi connectivity index (χ0) is 15.6. The van der Waals surface area contributed by atoms with Crippen molar-refractivity contribution in [2.24, 2.45) is 5.92 Å². The molecule has 0 bridgehead atoms. The molecule has 1 atom stereocenters. The van der Waals surface area contributed by atoms with E-state index in [9.17, 15) is 0 Å². The lowest BCUT2D eigenvalue weighted by atomic mass is 9.74. The van der Waals surface area contributed by atoms with Crippen molar-refractivity contribution < 1.29 is 4.74 Å². The molecule has 2 aromatic carbocycles. The van der Waals surface area contributed by atoms with Crippen LogP contribution in [0.2, 0.25) is 0 Å². The highest BCUT2D eigenvalue weighted by molar-refractivity contribution is 5.79. The molecule has 2 aromatic rings. The van der Waals surface area contributed by atoms with Crippen molar-refractivity contribution in [1.82, 2.24) is 5.32 Å². The fraction of sp³-hybridized carbons (Fsp3) is 0.333. The number of methoxy groups -OCH3 is 1. The molecule has 2 nitrogen and oxygen atoms in total. The van der Waals surface area contributed by atoms with E-state index in [-0.39, 0.29) is 0 Å². The number of hydrogen-bond acceptors (Lipinski definition) is 2. The van der Waals surface area contributed by atoms with Crippen LogP contribution in [0, 0.1) is 5.92 Å². The van der Waals surface area contributed by atoms with Crippen LogP contribution in [0.3, 0.4) is 0 Å². The zero-order valence-corrected chi connectivity index (χ0v) is 13.6. The van der Waals surface area contributed by atoms with Gasteiger partial charge in [0.05, 0.1) is 7.11 Å². The molecule has 1 saturated heterocycles. The van der Waals surface area contributed by atoms with Gasteiger partial charge in [-0.05, 0) is 54.6 Å². The van der Waals surface area contributed by atoms with Crippen molar-refractivity contribution in [3.05, 3.63) is 64.7 Å². The van der Waals surface area contributed by atoms with E-state index in [2.05, 4.69) is 59.9 Å². The van der Waals surface area contributed by atoms with E-state index in [0.717, 1.165) is 18.8 Å². The van der Waals surface area contributed by atoms with Gasteiger partial charge in [0.1, 0.15) is 5.75 Å². The Bertz CT molecular complexity index is 728. The van der Waals surface area contributed by atoms with E-state index in [1.807, 2.05) is 0 Å². The van der Waals surface area contributed by atoms with E-state index < -0.39 is 0 Å². The first-order valence-corrected chi connectivity index (χ1v) is 8.53. The van der Waals surface area contributed by atoms with Crippen LogP contribution in [0.15, 0.2) is 42.5 Å². The van der Waals surface area contributed by atoms with Crippen LogP contribution >= 0.6 is 0 Å². The molecule has 0 saturated carbocycles. The van der Waals surface area contributed by atoms with Crippen LogP contribution in [-0.2, 0) is 0 Å². The molecule has 0 radical (unpaired) electrons. The van der Waals surface area contributed by atoms with Gasteiger partial charge in [0.25, 0.3) is 0 Å². The highest BCUT2D eigenvalue weighted by atomic mass is 16.5. The number of piperidine rings is 1. The highest BCUT2D eigenvalue weighted by Gasteiger charge is 2.30. The average Bonchev–Trinajstić information content (AvgIpc) is 2.79. The molecule has 2 heteroatoms. The summed E-state index contributed by atoms with van der Waals surface area (Å²) in [6.07, 6.45) is 6.94. The van der Waals surface area contributed by atoms with E-state index in [0.29, 0.717) is 11.8 Å². The Morgan fingerprint density at radius 2 is 1.70 bits per heavy atom. The molecule has 118 valence electrons. The lowest BCUT2D eigenvalue weighted by Gasteiger charge is -2.32. The zero-order valence-electron chi connectivity index (χ0n) is 13.6. The minimum absolute atomic E-state index is 0.452. The molecule has 1 fully saturated rings. The van der Waals surface area contributed by atoms with Gasteiger partial charge in [-0.25, -0.2) is 0 Å². The standard InChI is InChI=1S/C21H23NO/c1-23-20-8-4-7-19-18(20)10-9-15-5-2-3-6-17(15)21(19)16-11-13-22-14-12-16/h2-10,16,21-22H,11-14H2,1H3. The van der Waals surface area contributed by atoms with Gasteiger partial charge < -0.3 is 10.1 Å². The quantitative estimate of drug-likeness (QED) is 0.892. The van der Waals surface area contributed by atoms with E-state index in [4.69, 9.17) is 4.74 Å². The summed E-state index contributed by atoms with van der Waals surface area (Å²) < 4.78 is 5.64. The van der Waals surface area contributed by atoms with Crippen molar-refractivity contribution in [1.29, 1.82) is 0 Å². The SMILES string of the molecule is COc1cccc2c1C=Cc1ccccc1C2C1CCNCC1. The van der Waals surface area contributed by atoms with Gasteiger partial charge in [-0.3, -0.25) is 0 Å². The Hall–Kier alpha value is -2.06. The Balaban J connectivity index is 1.91. The molecule has 1 aliphatic heterocycles. The lowest BCUT2D eigenvalue weighted by molar-refractivity contribution is 0.341. The van der Waals surface area contributed by atoms with Gasteiger partial charge in [-0.1, -0.05) is 48.6 Å². The van der Waals surface area contributed by atoms with Crippen LogP contribution in [0.4, 0.5) is 0 Å². The number of hydrogen-bond donors (Lipinski definition) is 1. The van der Waals surface area contributed by atoms with Crippen LogP contribution in [0.5, 0.6) is 5.75 Å². The summed E-state index contributed by atoms with van der Waals surface area (Å²) in [6.45, 7) is 2.24. The summed E-state index contributed by atoms with van der Waals surface area (Å²) >= 11 is 0. The van der Waals surface area contributed by atoms with Crippen LogP contribution in [0.25, 0.3) is 12.2 Å². The molecule has 1 heterocycles. The smallest absolute Gasteiger partial charge is 0.126 e. The van der Waals surface area contributed by atoms with E-state index in [1.54, 1.807) is 7.11 Å². The third-order valence-electron chi connectivity index (χ3n) is 5.27. The van der Waals surface area contributed by atoms with Crippen molar-refractivity contribution in [2.45, 2.75) is 18.8 Å². The summed E-state index contributed by atoms with van der Waals surface area (Å²) in [5, 5.41) is 3.50. The molecule has 2 aliphatic rings. The fourth-order valence-electron chi connectivity index (χ4n) is 4.16. The number of ether oxygens (including phenoxy) is 1. The summed E-state index contributed by atoms with van der Waals surface area (Å²) in [5.74, 6) is 2.11. The third-order valence-corrected chi connectivity index (χ3v) is 5.27. The topological polar surface area (TPSA) is 21.3 Å². The molecule has 23 heavy (non-hydrogen) atoms. The normalized spacial score (nSPS) is 20.5. The van der Waals surface area contributed by atoms with Gasteiger partial charge in [-0.15, -0.1) is 0 Å². The third kappa shape index (κ3) is 2.57. The maximum atomic E-state index is 5.64. The average molecular weight is 305 g/mol. The number of benzene rings is 2. The first-order valence-electron chi connectivity index (χ1n) is 8.53. The minimum atomic E-state index is 0.452. The molecule has 0 aromatic heterocycles. The summed E-state index contributed by atoms with van der Waals surface area (Å²) in [4.78, 5) is 0. The van der Waals surface area contributed by atoms with Gasteiger partial charge in [-0.2, -0.15) is 0 Å². The minimum Gasteiger partial charge on any atom is -0.496 e. The van der Waals surface area contributed by atoms with Gasteiger partial charge in [0.2, 0.25) is 0 Å². The van der Waals surface area contributed by atoms with Gasteiger partial charge in [0.15, 0.2) is 0 Å². The van der Waals surface area contributed by atoms with E-state index in [1.165, 1.54) is 35.1 Å². The number of rotatable bonds is 2. The molecular weight excluding hydrogens is 282 g/mol. The largest absolute Gasteiger partial charge is 0.496 e. The van der Waals surface area contributed by atoms with Crippen LogP contribution < -0.4 is 10.1 Å². The second-order valence-corrected chi connectivity index (χ2v) is 6.49. The van der Waals surface area contributed by atoms with Crippen LogP contribution in [0.1, 0.15) is 41.0 Å². The highest BCUT2D eigenvalue weighted by Crippen LogP contribution is 2.44. The summed E-state index contributed by atoms with van der Waals surface area (Å²) in [5.41, 5.74) is 5.46. The first kappa shape index (κ1) is 14.5. The maximum absolute atomic E-state index is 5.64. The molecule has 1 aliphatic carbocycles. The lowest BCUT2D eigenvalue weighted by Crippen LogP contribution is -2.31. The molecular formula is C21H23NO. The predicted octanol–water partition coefficient (Wildman–Crippen LogP) is 4.31. The van der Waals surface area contributed by atoms with Crippen LogP contribution in [-0.4, -0.2) is 20.2 Å². The summed E-state index contributed by atoms with van der Waals surface area (Å²) in [7, 11) is 1.76. The van der Waals surface area contributed by atoms with Crippen molar-refractivity contribution >= 4 is 12.2 Å². The Kier molecular flexibility index (Phi) is 3.92. The predicted molar refractivity (Wildman–Crippen MR) is 95.8 cm³/mol. The molecule has 1 N–H and O–H groups in total. The maximum Gasteiger partial charge on any atom is 0.126 e. The summed E-state index contributed by atoms with van der Waals surface area (Å²) in [6, 6.07) is 15.3. The Morgan fingerprint density at radius 3 is 2.52 bits per heavy atom. The fourth-order valence-corrected chi connectivity index (χ4v) is 4.16. The van der Waals surface area contributed by atoms with Gasteiger partial charge in [0, 0.05) is 11.5 Å².